The van der Waals surface area contributed by atoms with Gasteiger partial charge in [0.1, 0.15) is 11.6 Å². The van der Waals surface area contributed by atoms with Crippen LogP contribution in [0.25, 0.3) is 5.65 Å². The molecule has 7 nitrogen and oxygen atoms in total. The number of aryl methyl sites for hydroxylation is 3. The van der Waals surface area contributed by atoms with E-state index in [2.05, 4.69) is 20.4 Å². The summed E-state index contributed by atoms with van der Waals surface area (Å²) in [5.41, 5.74) is 5.56. The molecule has 1 amide bonds. The molecule has 3 aromatic heterocycles. The van der Waals surface area contributed by atoms with Crippen LogP contribution in [0.15, 0.2) is 48.7 Å². The summed E-state index contributed by atoms with van der Waals surface area (Å²) in [6.45, 7) is 6.27. The van der Waals surface area contributed by atoms with Gasteiger partial charge in [0.25, 0.3) is 0 Å². The van der Waals surface area contributed by atoms with E-state index in [1.807, 2.05) is 37.4 Å². The van der Waals surface area contributed by atoms with Crippen LogP contribution >= 0.6 is 0 Å². The molecule has 0 bridgehead atoms. The summed E-state index contributed by atoms with van der Waals surface area (Å²) in [7, 11) is 0. The number of hydrogen-bond acceptors (Lipinski definition) is 5. The third-order valence-corrected chi connectivity index (χ3v) is 5.21. The van der Waals surface area contributed by atoms with Gasteiger partial charge in [-0.2, -0.15) is 5.10 Å². The normalized spacial score (nSPS) is 11.0. The topological polar surface area (TPSA) is 81.4 Å². The molecule has 0 spiro atoms. The second-order valence-corrected chi connectivity index (χ2v) is 7.65. The molecule has 0 aliphatic carbocycles. The molecule has 0 saturated carbocycles. The Balaban J connectivity index is 1.30. The number of rotatable bonds is 7. The van der Waals surface area contributed by atoms with E-state index in [0.29, 0.717) is 31.0 Å². The Bertz CT molecular complexity index is 1250. The van der Waals surface area contributed by atoms with Gasteiger partial charge in [-0.15, -0.1) is 0 Å². The molecule has 0 unspecified atom stereocenters. The van der Waals surface area contributed by atoms with E-state index in [4.69, 9.17) is 4.74 Å². The van der Waals surface area contributed by atoms with Crippen molar-refractivity contribution in [2.75, 3.05) is 0 Å². The molecule has 1 N–H and O–H groups in total. The Kier molecular flexibility index (Phi) is 6.11. The maximum absolute atomic E-state index is 13.0. The van der Waals surface area contributed by atoms with Crippen LogP contribution in [-0.4, -0.2) is 25.5 Å². The first-order valence-corrected chi connectivity index (χ1v) is 10.4. The lowest BCUT2D eigenvalue weighted by Crippen LogP contribution is -2.23. The zero-order valence-electron chi connectivity index (χ0n) is 18.2. The number of benzene rings is 1. The molecular weight excluding hydrogens is 409 g/mol. The monoisotopic (exact) mass is 433 g/mol. The molecule has 0 fully saturated rings. The molecule has 0 saturated heterocycles. The summed E-state index contributed by atoms with van der Waals surface area (Å²) in [5.74, 6) is 0.528. The van der Waals surface area contributed by atoms with Crippen molar-refractivity contribution in [2.45, 2.75) is 40.2 Å². The van der Waals surface area contributed by atoms with Crippen LogP contribution in [0.4, 0.5) is 4.39 Å². The van der Waals surface area contributed by atoms with Crippen LogP contribution in [0.2, 0.25) is 0 Å². The van der Waals surface area contributed by atoms with Gasteiger partial charge in [0.05, 0.1) is 5.69 Å². The number of carbonyl (C=O) groups is 1. The smallest absolute Gasteiger partial charge is 0.220 e. The molecule has 4 aromatic rings. The third kappa shape index (κ3) is 4.91. The standard InChI is InChI=1S/C24H24FN5O2/c1-15-12-22-28-16(2)21(17(3)30(22)29-15)9-10-23(31)26-13-18-4-11-24(27-14-18)32-20-7-5-19(25)6-8-20/h4-8,11-12,14H,9-10,13H2,1-3H3,(H,26,31). The van der Waals surface area contributed by atoms with Gasteiger partial charge in [0, 0.05) is 42.7 Å². The third-order valence-electron chi connectivity index (χ3n) is 5.21. The Morgan fingerprint density at radius 1 is 1.12 bits per heavy atom. The molecule has 164 valence electrons. The number of fused-ring (bicyclic) bond motifs is 1. The summed E-state index contributed by atoms with van der Waals surface area (Å²) in [6.07, 6.45) is 2.59. The molecule has 0 atom stereocenters. The zero-order valence-corrected chi connectivity index (χ0v) is 18.2. The number of aromatic nitrogens is 4. The first-order chi connectivity index (χ1) is 15.4. The van der Waals surface area contributed by atoms with E-state index < -0.39 is 0 Å². The first kappa shape index (κ1) is 21.4. The highest BCUT2D eigenvalue weighted by Crippen LogP contribution is 2.20. The summed E-state index contributed by atoms with van der Waals surface area (Å²) in [4.78, 5) is 21.2. The van der Waals surface area contributed by atoms with Crippen LogP contribution in [0.3, 0.4) is 0 Å². The fourth-order valence-corrected chi connectivity index (χ4v) is 3.53. The van der Waals surface area contributed by atoms with E-state index in [-0.39, 0.29) is 11.7 Å². The number of hydrogen-bond donors (Lipinski definition) is 1. The molecule has 0 aliphatic heterocycles. The summed E-state index contributed by atoms with van der Waals surface area (Å²) in [5, 5.41) is 7.40. The van der Waals surface area contributed by atoms with Crippen molar-refractivity contribution in [2.24, 2.45) is 0 Å². The average molecular weight is 433 g/mol. The highest BCUT2D eigenvalue weighted by Gasteiger charge is 2.13. The van der Waals surface area contributed by atoms with Crippen LogP contribution in [0.1, 0.15) is 34.6 Å². The zero-order chi connectivity index (χ0) is 22.7. The maximum Gasteiger partial charge on any atom is 0.220 e. The van der Waals surface area contributed by atoms with Gasteiger partial charge in [-0.3, -0.25) is 4.79 Å². The highest BCUT2D eigenvalue weighted by atomic mass is 19.1. The van der Waals surface area contributed by atoms with Gasteiger partial charge < -0.3 is 10.1 Å². The lowest BCUT2D eigenvalue weighted by Gasteiger charge is -2.11. The van der Waals surface area contributed by atoms with Crippen molar-refractivity contribution in [1.82, 2.24) is 24.9 Å². The van der Waals surface area contributed by atoms with Crippen molar-refractivity contribution >= 4 is 11.6 Å². The van der Waals surface area contributed by atoms with Gasteiger partial charge in [0.15, 0.2) is 5.65 Å². The Hall–Kier alpha value is -3.81. The maximum atomic E-state index is 13.0. The molecule has 8 heteroatoms. The fraction of sp³-hybridized carbons (Fsp3) is 0.250. The molecule has 32 heavy (non-hydrogen) atoms. The molecule has 4 rings (SSSR count). The van der Waals surface area contributed by atoms with E-state index in [1.54, 1.807) is 12.3 Å². The van der Waals surface area contributed by atoms with Crippen LogP contribution < -0.4 is 10.1 Å². The van der Waals surface area contributed by atoms with E-state index >= 15 is 0 Å². The SMILES string of the molecule is Cc1cc2nc(C)c(CCC(=O)NCc3ccc(Oc4ccc(F)cc4)nc3)c(C)n2n1. The van der Waals surface area contributed by atoms with Crippen molar-refractivity contribution in [3.63, 3.8) is 0 Å². The van der Waals surface area contributed by atoms with Gasteiger partial charge in [-0.1, -0.05) is 6.07 Å². The summed E-state index contributed by atoms with van der Waals surface area (Å²) in [6, 6.07) is 11.2. The van der Waals surface area contributed by atoms with Crippen molar-refractivity contribution in [1.29, 1.82) is 0 Å². The average Bonchev–Trinajstić information content (AvgIpc) is 3.15. The van der Waals surface area contributed by atoms with E-state index in [1.165, 1.54) is 24.3 Å². The Morgan fingerprint density at radius 3 is 2.62 bits per heavy atom. The molecule has 0 radical (unpaired) electrons. The van der Waals surface area contributed by atoms with Crippen molar-refractivity contribution in [3.8, 4) is 11.6 Å². The van der Waals surface area contributed by atoms with E-state index in [9.17, 15) is 9.18 Å². The minimum Gasteiger partial charge on any atom is -0.439 e. The number of halogens is 1. The van der Waals surface area contributed by atoms with Crippen molar-refractivity contribution < 1.29 is 13.9 Å². The molecule has 1 aromatic carbocycles. The predicted molar refractivity (Wildman–Crippen MR) is 118 cm³/mol. The second-order valence-electron chi connectivity index (χ2n) is 7.65. The van der Waals surface area contributed by atoms with E-state index in [0.717, 1.165) is 33.9 Å². The minimum absolute atomic E-state index is 0.0489. The number of ether oxygens (including phenoxy) is 1. The summed E-state index contributed by atoms with van der Waals surface area (Å²) < 4.78 is 20.4. The highest BCUT2D eigenvalue weighted by molar-refractivity contribution is 5.76. The van der Waals surface area contributed by atoms with Crippen LogP contribution in [0.5, 0.6) is 11.6 Å². The predicted octanol–water partition coefficient (Wildman–Crippen LogP) is 4.23. The Morgan fingerprint density at radius 2 is 1.91 bits per heavy atom. The number of nitrogens with one attached hydrogen (secondary N) is 1. The minimum atomic E-state index is -0.324. The molecule has 3 heterocycles. The first-order valence-electron chi connectivity index (χ1n) is 10.4. The van der Waals surface area contributed by atoms with Gasteiger partial charge in [-0.05, 0) is 62.6 Å². The fourth-order valence-electron chi connectivity index (χ4n) is 3.53. The lowest BCUT2D eigenvalue weighted by molar-refractivity contribution is -0.121. The van der Waals surface area contributed by atoms with Gasteiger partial charge >= 0.3 is 0 Å². The number of nitrogens with zero attached hydrogens (tertiary/aromatic N) is 4. The van der Waals surface area contributed by atoms with Crippen LogP contribution in [-0.2, 0) is 17.8 Å². The molecule has 0 aliphatic rings. The van der Waals surface area contributed by atoms with Crippen molar-refractivity contribution in [3.05, 3.63) is 82.7 Å². The lowest BCUT2D eigenvalue weighted by atomic mass is 10.1. The van der Waals surface area contributed by atoms with Gasteiger partial charge in [-0.25, -0.2) is 18.9 Å². The summed E-state index contributed by atoms with van der Waals surface area (Å²) >= 11 is 0. The van der Waals surface area contributed by atoms with Crippen LogP contribution in [0, 0.1) is 26.6 Å². The largest absolute Gasteiger partial charge is 0.439 e. The Labute approximate surface area is 185 Å². The second kappa shape index (κ2) is 9.13. The number of pyridine rings is 1. The molecular formula is C24H24FN5O2. The number of carbonyl (C=O) groups excluding carboxylic acids is 1. The van der Waals surface area contributed by atoms with Gasteiger partial charge in [0.2, 0.25) is 11.8 Å². The number of amides is 1. The quantitative estimate of drug-likeness (QED) is 0.472.